The second kappa shape index (κ2) is 16.4. The summed E-state index contributed by atoms with van der Waals surface area (Å²) >= 11 is 1.50. The van der Waals surface area contributed by atoms with Gasteiger partial charge in [0.2, 0.25) is 11.8 Å². The van der Waals surface area contributed by atoms with Crippen LogP contribution >= 0.6 is 11.8 Å². The third-order valence-corrected chi connectivity index (χ3v) is 9.79. The van der Waals surface area contributed by atoms with Gasteiger partial charge in [-0.1, -0.05) is 26.0 Å². The van der Waals surface area contributed by atoms with E-state index >= 15 is 0 Å². The molecule has 3 rings (SSSR count). The molecule has 0 radical (unpaired) electrons. The third kappa shape index (κ3) is 8.92. The maximum absolute atomic E-state index is 14.2. The van der Waals surface area contributed by atoms with Gasteiger partial charge in [0, 0.05) is 17.5 Å². The van der Waals surface area contributed by atoms with Gasteiger partial charge in [-0.25, -0.2) is 8.42 Å². The quantitative estimate of drug-likeness (QED) is 0.199. The lowest BCUT2D eigenvalue weighted by molar-refractivity contribution is -0.140. The van der Waals surface area contributed by atoms with Gasteiger partial charge in [-0.2, -0.15) is 0 Å². The molecule has 0 spiro atoms. The van der Waals surface area contributed by atoms with Crippen LogP contribution in [0.3, 0.4) is 0 Å². The van der Waals surface area contributed by atoms with Crippen LogP contribution in [0.15, 0.2) is 82.6 Å². The Morgan fingerprint density at radius 1 is 0.886 bits per heavy atom. The fourth-order valence-corrected chi connectivity index (χ4v) is 6.39. The largest absolute Gasteiger partial charge is 0.497 e. The summed E-state index contributed by atoms with van der Waals surface area (Å²) < 4.78 is 40.1. The molecule has 3 aromatic carbocycles. The molecule has 2 amide bonds. The molecule has 2 atom stereocenters. The molecule has 0 saturated heterocycles. The molecule has 0 fully saturated rings. The topological polar surface area (TPSA) is 105 Å². The number of nitrogens with one attached hydrogen (secondary N) is 1. The number of carbonyl (C=O) groups is 2. The van der Waals surface area contributed by atoms with Gasteiger partial charge in [0.1, 0.15) is 24.1 Å². The first-order valence-electron chi connectivity index (χ1n) is 14.7. The average Bonchev–Trinajstić information content (AvgIpc) is 3.04. The Balaban J connectivity index is 2.06. The number of carbonyl (C=O) groups excluding carboxylic acids is 2. The van der Waals surface area contributed by atoms with Gasteiger partial charge in [-0.15, -0.1) is 11.8 Å². The van der Waals surface area contributed by atoms with Crippen molar-refractivity contribution in [1.82, 2.24) is 10.2 Å². The van der Waals surface area contributed by atoms with E-state index in [1.54, 1.807) is 55.6 Å². The van der Waals surface area contributed by atoms with Crippen molar-refractivity contribution in [2.75, 3.05) is 30.8 Å². The van der Waals surface area contributed by atoms with Gasteiger partial charge in [-0.05, 0) is 99.2 Å². The second-order valence-corrected chi connectivity index (χ2v) is 13.0. The Hall–Kier alpha value is -3.70. The van der Waals surface area contributed by atoms with Crippen molar-refractivity contribution >= 4 is 39.3 Å². The van der Waals surface area contributed by atoms with Crippen LogP contribution in [0.5, 0.6) is 11.5 Å². The minimum Gasteiger partial charge on any atom is -0.497 e. The number of nitrogens with zero attached hydrogens (tertiary/aromatic N) is 2. The van der Waals surface area contributed by atoms with Gasteiger partial charge in [0.25, 0.3) is 10.0 Å². The highest BCUT2D eigenvalue weighted by molar-refractivity contribution is 7.98. The molecule has 44 heavy (non-hydrogen) atoms. The van der Waals surface area contributed by atoms with E-state index in [-0.39, 0.29) is 23.4 Å². The molecule has 1 N–H and O–H groups in total. The normalized spacial score (nSPS) is 12.6. The number of ether oxygens (including phenoxy) is 2. The van der Waals surface area contributed by atoms with E-state index in [0.29, 0.717) is 30.2 Å². The highest BCUT2D eigenvalue weighted by Gasteiger charge is 2.34. The highest BCUT2D eigenvalue weighted by Crippen LogP contribution is 2.28. The predicted octanol–water partition coefficient (Wildman–Crippen LogP) is 5.73. The van der Waals surface area contributed by atoms with Gasteiger partial charge >= 0.3 is 0 Å². The first kappa shape index (κ1) is 34.8. The highest BCUT2D eigenvalue weighted by atomic mass is 32.2. The lowest BCUT2D eigenvalue weighted by Gasteiger charge is -2.33. The molecule has 3 aromatic rings. The molecule has 9 nitrogen and oxygen atoms in total. The zero-order valence-electron chi connectivity index (χ0n) is 26.3. The molecule has 0 bridgehead atoms. The van der Waals surface area contributed by atoms with Crippen molar-refractivity contribution in [3.63, 3.8) is 0 Å². The van der Waals surface area contributed by atoms with E-state index in [1.807, 2.05) is 46.1 Å². The van der Waals surface area contributed by atoms with Crippen LogP contribution in [0.25, 0.3) is 0 Å². The Morgan fingerprint density at radius 3 is 2.02 bits per heavy atom. The maximum Gasteiger partial charge on any atom is 0.264 e. The lowest BCUT2D eigenvalue weighted by atomic mass is 10.1. The number of methoxy groups -OCH3 is 1. The van der Waals surface area contributed by atoms with Crippen LogP contribution in [-0.4, -0.2) is 63.7 Å². The summed E-state index contributed by atoms with van der Waals surface area (Å²) in [5.41, 5.74) is 1.08. The monoisotopic (exact) mass is 641 g/mol. The van der Waals surface area contributed by atoms with Crippen LogP contribution in [0.1, 0.15) is 46.1 Å². The van der Waals surface area contributed by atoms with Gasteiger partial charge in [0.05, 0.1) is 24.3 Å². The molecule has 238 valence electrons. The Morgan fingerprint density at radius 2 is 1.50 bits per heavy atom. The fraction of sp³-hybridized carbons (Fsp3) is 0.394. The Kier molecular flexibility index (Phi) is 13.0. The molecule has 11 heteroatoms. The smallest absolute Gasteiger partial charge is 0.264 e. The van der Waals surface area contributed by atoms with E-state index in [2.05, 4.69) is 5.32 Å². The standard InChI is InChI=1S/C33H43N3O6S2/c1-7-24(4)34-33(38)31(8-2)35(22-25-10-14-27(41-5)15-11-25)32(37)23-36(26-12-16-28(17-13-26)42-9-3)44(39,40)30-20-18-29(43-6)19-21-30/h10-21,24,31H,7-9,22-23H2,1-6H3,(H,34,38)/t24-,31+/m1/s1. The van der Waals surface area contributed by atoms with Crippen LogP contribution in [0, 0.1) is 0 Å². The van der Waals surface area contributed by atoms with Crippen molar-refractivity contribution in [2.24, 2.45) is 0 Å². The van der Waals surface area contributed by atoms with Crippen molar-refractivity contribution < 1.29 is 27.5 Å². The first-order valence-corrected chi connectivity index (χ1v) is 17.4. The number of sulfonamides is 1. The maximum atomic E-state index is 14.2. The predicted molar refractivity (Wildman–Crippen MR) is 176 cm³/mol. The van der Waals surface area contributed by atoms with E-state index in [1.165, 1.54) is 28.8 Å². The van der Waals surface area contributed by atoms with E-state index < -0.39 is 28.5 Å². The number of hydrogen-bond donors (Lipinski definition) is 1. The fourth-order valence-electron chi connectivity index (χ4n) is 4.57. The summed E-state index contributed by atoms with van der Waals surface area (Å²) in [5.74, 6) is 0.448. The number of benzene rings is 3. The van der Waals surface area contributed by atoms with Gasteiger partial charge < -0.3 is 19.7 Å². The van der Waals surface area contributed by atoms with E-state index in [0.717, 1.165) is 21.2 Å². The summed E-state index contributed by atoms with van der Waals surface area (Å²) in [6.07, 6.45) is 2.98. The van der Waals surface area contributed by atoms with Crippen molar-refractivity contribution in [1.29, 1.82) is 0 Å². The average molecular weight is 642 g/mol. The minimum absolute atomic E-state index is 0.0558. The minimum atomic E-state index is -4.17. The summed E-state index contributed by atoms with van der Waals surface area (Å²) in [7, 11) is -2.60. The number of rotatable bonds is 16. The summed E-state index contributed by atoms with van der Waals surface area (Å²) in [5, 5.41) is 2.99. The molecule has 0 unspecified atom stereocenters. The summed E-state index contributed by atoms with van der Waals surface area (Å²) in [4.78, 5) is 30.1. The second-order valence-electron chi connectivity index (χ2n) is 10.2. The molecule has 0 aliphatic heterocycles. The molecule has 0 saturated carbocycles. The molecule has 0 aliphatic carbocycles. The number of amides is 2. The SMILES string of the molecule is CCOc1ccc(N(CC(=O)N(Cc2ccc(OC)cc2)[C@@H](CC)C(=O)N[C@H](C)CC)S(=O)(=O)c2ccc(SC)cc2)cc1. The van der Waals surface area contributed by atoms with E-state index in [4.69, 9.17) is 9.47 Å². The van der Waals surface area contributed by atoms with E-state index in [9.17, 15) is 18.0 Å². The molecule has 0 heterocycles. The first-order chi connectivity index (χ1) is 21.1. The van der Waals surface area contributed by atoms with Crippen LogP contribution in [0.4, 0.5) is 5.69 Å². The van der Waals surface area contributed by atoms with Gasteiger partial charge in [0.15, 0.2) is 0 Å². The number of anilines is 1. The molecule has 0 aliphatic rings. The molecular formula is C33H43N3O6S2. The Labute approximate surface area is 266 Å². The van der Waals surface area contributed by atoms with Crippen LogP contribution < -0.4 is 19.1 Å². The van der Waals surface area contributed by atoms with Gasteiger partial charge in [-0.3, -0.25) is 13.9 Å². The van der Waals surface area contributed by atoms with Crippen molar-refractivity contribution in [3.8, 4) is 11.5 Å². The van der Waals surface area contributed by atoms with Crippen molar-refractivity contribution in [3.05, 3.63) is 78.4 Å². The summed E-state index contributed by atoms with van der Waals surface area (Å²) in [6, 6.07) is 19.4. The summed E-state index contributed by atoms with van der Waals surface area (Å²) in [6.45, 7) is 7.63. The molecule has 0 aromatic heterocycles. The van der Waals surface area contributed by atoms with Crippen LogP contribution in [0.2, 0.25) is 0 Å². The van der Waals surface area contributed by atoms with Crippen LogP contribution in [-0.2, 0) is 26.2 Å². The zero-order valence-corrected chi connectivity index (χ0v) is 27.9. The lowest BCUT2D eigenvalue weighted by Crippen LogP contribution is -2.53. The Bertz CT molecular complexity index is 1460. The number of hydrogen-bond acceptors (Lipinski definition) is 7. The van der Waals surface area contributed by atoms with Crippen molar-refractivity contribution in [2.45, 2.75) is 69.0 Å². The number of thioether (sulfide) groups is 1. The third-order valence-electron chi connectivity index (χ3n) is 7.26. The zero-order chi connectivity index (χ0) is 32.3. The molecular weight excluding hydrogens is 599 g/mol.